The third kappa shape index (κ3) is 4.30. The molecule has 0 amide bonds. The standard InChI is InChI=1S/C14H10BrNO4S/c15-10-3-6-12(16(19)20)13(8-10)21-11-4-1-9(2-5-11)7-14(17)18/h1-6,8H,7H2,(H,17,18). The second kappa shape index (κ2) is 6.73. The number of carboxylic acid groups (broad SMARTS) is 1. The minimum Gasteiger partial charge on any atom is -0.481 e. The van der Waals surface area contributed by atoms with Gasteiger partial charge in [0.05, 0.1) is 16.2 Å². The lowest BCUT2D eigenvalue weighted by Gasteiger charge is -2.05. The van der Waals surface area contributed by atoms with E-state index in [1.54, 1.807) is 36.4 Å². The fraction of sp³-hybridized carbons (Fsp3) is 0.0714. The smallest absolute Gasteiger partial charge is 0.307 e. The van der Waals surface area contributed by atoms with Crippen molar-refractivity contribution < 1.29 is 14.8 Å². The Labute approximate surface area is 133 Å². The zero-order valence-electron chi connectivity index (χ0n) is 10.7. The normalized spacial score (nSPS) is 10.3. The van der Waals surface area contributed by atoms with Gasteiger partial charge in [-0.25, -0.2) is 0 Å². The molecule has 21 heavy (non-hydrogen) atoms. The van der Waals surface area contributed by atoms with Gasteiger partial charge in [0.2, 0.25) is 0 Å². The molecule has 1 N–H and O–H groups in total. The van der Waals surface area contributed by atoms with Crippen LogP contribution in [0, 0.1) is 10.1 Å². The zero-order valence-corrected chi connectivity index (χ0v) is 13.1. The van der Waals surface area contributed by atoms with Crippen LogP contribution in [0.5, 0.6) is 0 Å². The van der Waals surface area contributed by atoms with Crippen molar-refractivity contribution in [2.24, 2.45) is 0 Å². The topological polar surface area (TPSA) is 80.4 Å². The molecule has 5 nitrogen and oxygen atoms in total. The van der Waals surface area contributed by atoms with Crippen molar-refractivity contribution in [2.75, 3.05) is 0 Å². The van der Waals surface area contributed by atoms with Gasteiger partial charge in [-0.1, -0.05) is 39.8 Å². The molecule has 0 atom stereocenters. The maximum Gasteiger partial charge on any atom is 0.307 e. The summed E-state index contributed by atoms with van der Waals surface area (Å²) in [4.78, 5) is 22.5. The van der Waals surface area contributed by atoms with Crippen molar-refractivity contribution >= 4 is 39.3 Å². The Balaban J connectivity index is 2.23. The molecule has 0 heterocycles. The molecule has 0 saturated heterocycles. The quantitative estimate of drug-likeness (QED) is 0.634. The highest BCUT2D eigenvalue weighted by Gasteiger charge is 2.15. The number of hydrogen-bond acceptors (Lipinski definition) is 4. The SMILES string of the molecule is O=C(O)Cc1ccc(Sc2cc(Br)ccc2[N+](=O)[O-])cc1. The highest BCUT2D eigenvalue weighted by molar-refractivity contribution is 9.10. The van der Waals surface area contributed by atoms with Crippen molar-refractivity contribution in [3.8, 4) is 0 Å². The van der Waals surface area contributed by atoms with Crippen molar-refractivity contribution in [3.63, 3.8) is 0 Å². The minimum atomic E-state index is -0.891. The summed E-state index contributed by atoms with van der Waals surface area (Å²) in [6.07, 6.45) is -0.0397. The maximum atomic E-state index is 11.0. The fourth-order valence-electron chi connectivity index (χ4n) is 1.70. The van der Waals surface area contributed by atoms with Gasteiger partial charge in [0, 0.05) is 15.4 Å². The number of halogens is 1. The minimum absolute atomic E-state index is 0.0396. The van der Waals surface area contributed by atoms with Gasteiger partial charge in [-0.2, -0.15) is 0 Å². The van der Waals surface area contributed by atoms with Gasteiger partial charge in [-0.3, -0.25) is 14.9 Å². The van der Waals surface area contributed by atoms with Crippen LogP contribution in [0.25, 0.3) is 0 Å². The third-order valence-corrected chi connectivity index (χ3v) is 4.17. The van der Waals surface area contributed by atoms with Gasteiger partial charge >= 0.3 is 5.97 Å². The van der Waals surface area contributed by atoms with Crippen LogP contribution >= 0.6 is 27.7 Å². The molecular weight excluding hydrogens is 358 g/mol. The van der Waals surface area contributed by atoms with Crippen molar-refractivity contribution in [1.82, 2.24) is 0 Å². The van der Waals surface area contributed by atoms with Crippen LogP contribution in [0.15, 0.2) is 56.7 Å². The number of hydrogen-bond donors (Lipinski definition) is 1. The first kappa shape index (κ1) is 15.5. The zero-order chi connectivity index (χ0) is 15.4. The molecule has 0 spiro atoms. The lowest BCUT2D eigenvalue weighted by Crippen LogP contribution is -1.99. The Bertz CT molecular complexity index is 688. The van der Waals surface area contributed by atoms with Gasteiger partial charge in [-0.15, -0.1) is 0 Å². The monoisotopic (exact) mass is 367 g/mol. The number of carboxylic acids is 1. The molecule has 0 aliphatic carbocycles. The van der Waals surface area contributed by atoms with Crippen LogP contribution in [-0.2, 0) is 11.2 Å². The Morgan fingerprint density at radius 1 is 1.24 bits per heavy atom. The van der Waals surface area contributed by atoms with Crippen LogP contribution in [0.1, 0.15) is 5.56 Å². The molecule has 0 unspecified atom stereocenters. The van der Waals surface area contributed by atoms with E-state index in [0.717, 1.165) is 9.37 Å². The van der Waals surface area contributed by atoms with Crippen molar-refractivity contribution in [1.29, 1.82) is 0 Å². The van der Waals surface area contributed by atoms with Crippen LogP contribution in [0.2, 0.25) is 0 Å². The summed E-state index contributed by atoms with van der Waals surface area (Å²) in [5.41, 5.74) is 0.730. The first-order valence-electron chi connectivity index (χ1n) is 5.88. The third-order valence-electron chi connectivity index (χ3n) is 2.63. The van der Waals surface area contributed by atoms with Crippen LogP contribution < -0.4 is 0 Å². The molecule has 0 saturated carbocycles. The first-order valence-corrected chi connectivity index (χ1v) is 7.49. The second-order valence-corrected chi connectivity index (χ2v) is 6.22. The number of aliphatic carboxylic acids is 1. The molecular formula is C14H10BrNO4S. The molecule has 2 aromatic rings. The lowest BCUT2D eigenvalue weighted by atomic mass is 10.2. The molecule has 2 rings (SSSR count). The molecule has 2 aromatic carbocycles. The number of rotatable bonds is 5. The molecule has 0 bridgehead atoms. The number of benzene rings is 2. The summed E-state index contributed by atoms with van der Waals surface area (Å²) in [5.74, 6) is -0.891. The Morgan fingerprint density at radius 2 is 1.90 bits per heavy atom. The average Bonchev–Trinajstić information content (AvgIpc) is 2.40. The van der Waals surface area contributed by atoms with Gasteiger partial charge in [0.15, 0.2) is 0 Å². The van der Waals surface area contributed by atoms with E-state index in [-0.39, 0.29) is 12.1 Å². The summed E-state index contributed by atoms with van der Waals surface area (Å²) < 4.78 is 0.762. The summed E-state index contributed by atoms with van der Waals surface area (Å²) >= 11 is 4.56. The predicted molar refractivity (Wildman–Crippen MR) is 82.7 cm³/mol. The van der Waals surface area contributed by atoms with Crippen molar-refractivity contribution in [3.05, 3.63) is 62.6 Å². The maximum absolute atomic E-state index is 11.0. The average molecular weight is 368 g/mol. The fourth-order valence-corrected chi connectivity index (χ4v) is 3.17. The summed E-state index contributed by atoms with van der Waals surface area (Å²) in [7, 11) is 0. The van der Waals surface area contributed by atoms with Crippen molar-refractivity contribution in [2.45, 2.75) is 16.2 Å². The highest BCUT2D eigenvalue weighted by atomic mass is 79.9. The number of nitro groups is 1. The number of nitrogens with zero attached hydrogens (tertiary/aromatic N) is 1. The van der Waals surface area contributed by atoms with E-state index in [4.69, 9.17) is 5.11 Å². The lowest BCUT2D eigenvalue weighted by molar-refractivity contribution is -0.387. The predicted octanol–water partition coefficient (Wildman–Crippen LogP) is 4.14. The van der Waals surface area contributed by atoms with Gasteiger partial charge in [-0.05, 0) is 29.8 Å². The molecule has 0 fully saturated rings. The molecule has 108 valence electrons. The molecule has 0 aliphatic heterocycles. The molecule has 7 heteroatoms. The summed E-state index contributed by atoms with van der Waals surface area (Å²) in [6.45, 7) is 0. The number of nitro benzene ring substituents is 1. The summed E-state index contributed by atoms with van der Waals surface area (Å²) in [5, 5.41) is 19.7. The van der Waals surface area contributed by atoms with Gasteiger partial charge < -0.3 is 5.11 Å². The molecule has 0 radical (unpaired) electrons. The Hall–Kier alpha value is -1.86. The molecule has 0 aliphatic rings. The number of carbonyl (C=O) groups is 1. The van der Waals surface area contributed by atoms with Crippen LogP contribution in [0.4, 0.5) is 5.69 Å². The van der Waals surface area contributed by atoms with Crippen LogP contribution in [0.3, 0.4) is 0 Å². The van der Waals surface area contributed by atoms with E-state index in [2.05, 4.69) is 15.9 Å². The molecule has 0 aromatic heterocycles. The first-order chi connectivity index (χ1) is 9.95. The Kier molecular flexibility index (Phi) is 4.98. The van der Waals surface area contributed by atoms with E-state index in [1.807, 2.05) is 0 Å². The van der Waals surface area contributed by atoms with Gasteiger partial charge in [0.1, 0.15) is 0 Å². The van der Waals surface area contributed by atoms with Gasteiger partial charge in [0.25, 0.3) is 5.69 Å². The van der Waals surface area contributed by atoms with E-state index in [1.165, 1.54) is 17.8 Å². The second-order valence-electron chi connectivity index (χ2n) is 4.19. The summed E-state index contributed by atoms with van der Waals surface area (Å²) in [6, 6.07) is 11.7. The van der Waals surface area contributed by atoms with E-state index in [9.17, 15) is 14.9 Å². The largest absolute Gasteiger partial charge is 0.481 e. The van der Waals surface area contributed by atoms with E-state index in [0.29, 0.717) is 10.5 Å². The van der Waals surface area contributed by atoms with Crippen LogP contribution in [-0.4, -0.2) is 16.0 Å². The van der Waals surface area contributed by atoms with E-state index < -0.39 is 10.9 Å². The highest BCUT2D eigenvalue weighted by Crippen LogP contribution is 2.36. The van der Waals surface area contributed by atoms with E-state index >= 15 is 0 Å². The Morgan fingerprint density at radius 3 is 2.48 bits per heavy atom.